The molecule has 4 aromatic rings. The van der Waals surface area contributed by atoms with E-state index < -0.39 is 29.4 Å². The van der Waals surface area contributed by atoms with Gasteiger partial charge in [0.25, 0.3) is 0 Å². The molecule has 0 saturated heterocycles. The summed E-state index contributed by atoms with van der Waals surface area (Å²) < 4.78 is 24.0. The monoisotopic (exact) mass is 664 g/mol. The van der Waals surface area contributed by atoms with E-state index in [1.54, 1.807) is 132 Å². The highest BCUT2D eigenvalue weighted by Gasteiger charge is 2.52. The van der Waals surface area contributed by atoms with Crippen LogP contribution < -0.4 is 9.47 Å². The molecule has 0 aliphatic rings. The van der Waals surface area contributed by atoms with E-state index in [2.05, 4.69) is 0 Å². The van der Waals surface area contributed by atoms with Crippen molar-refractivity contribution in [3.05, 3.63) is 131 Å². The lowest BCUT2D eigenvalue weighted by Crippen LogP contribution is -2.60. The highest BCUT2D eigenvalue weighted by molar-refractivity contribution is 6.09. The number of rotatable bonds is 16. The lowest BCUT2D eigenvalue weighted by atomic mass is 9.77. The lowest BCUT2D eigenvalue weighted by Gasteiger charge is -2.49. The van der Waals surface area contributed by atoms with Crippen LogP contribution in [0, 0.1) is 5.92 Å². The van der Waals surface area contributed by atoms with Crippen molar-refractivity contribution < 1.29 is 38.1 Å². The molecule has 0 bridgehead atoms. The molecule has 0 aliphatic carbocycles. The van der Waals surface area contributed by atoms with Crippen LogP contribution in [-0.2, 0) is 19.1 Å². The smallest absolute Gasteiger partial charge is 0.344 e. The second kappa shape index (κ2) is 15.4. The van der Waals surface area contributed by atoms with Crippen molar-refractivity contribution >= 4 is 23.3 Å². The fourth-order valence-corrected chi connectivity index (χ4v) is 5.37. The van der Waals surface area contributed by atoms with Crippen LogP contribution in [0.4, 0.5) is 0 Å². The summed E-state index contributed by atoms with van der Waals surface area (Å²) in [5, 5.41) is 0. The maximum atomic E-state index is 13.5. The quantitative estimate of drug-likeness (QED) is 0.0886. The minimum Gasteiger partial charge on any atom is -0.486 e. The van der Waals surface area contributed by atoms with Gasteiger partial charge in [0.05, 0.1) is 0 Å². The normalized spacial score (nSPS) is 12.9. The molecule has 0 fully saturated rings. The molecule has 0 amide bonds. The van der Waals surface area contributed by atoms with E-state index >= 15 is 0 Å². The van der Waals surface area contributed by atoms with E-state index in [-0.39, 0.29) is 29.9 Å². The van der Waals surface area contributed by atoms with Crippen LogP contribution in [0.3, 0.4) is 0 Å². The Labute approximate surface area is 288 Å². The zero-order valence-electron chi connectivity index (χ0n) is 29.1. The molecule has 1 atom stereocenters. The van der Waals surface area contributed by atoms with E-state index in [1.165, 1.54) is 0 Å². The first-order valence-electron chi connectivity index (χ1n) is 16.2. The minimum atomic E-state index is -1.33. The third kappa shape index (κ3) is 9.09. The summed E-state index contributed by atoms with van der Waals surface area (Å²) in [6, 6.07) is 31.1. The summed E-state index contributed by atoms with van der Waals surface area (Å²) in [6.45, 7) is 11.7. The van der Waals surface area contributed by atoms with Crippen LogP contribution in [-0.4, -0.2) is 53.3 Å². The SMILES string of the molecule is CC(C)C(C)(OC(C)(C)C(=O)COc1cccc(C(=O)c2ccccc2)c1)C(C)(C)OC(=O)COc1cccc(C(=O)c2ccccc2)c1. The topological polar surface area (TPSA) is 105 Å². The Balaban J connectivity index is 1.37. The molecule has 1 unspecified atom stereocenters. The zero-order chi connectivity index (χ0) is 35.8. The Kier molecular flexibility index (Phi) is 11.6. The fourth-order valence-electron chi connectivity index (χ4n) is 5.37. The predicted molar refractivity (Wildman–Crippen MR) is 187 cm³/mol. The van der Waals surface area contributed by atoms with Gasteiger partial charge in [0.1, 0.15) is 34.9 Å². The first-order chi connectivity index (χ1) is 23.1. The summed E-state index contributed by atoms with van der Waals surface area (Å²) in [6.07, 6.45) is 0. The zero-order valence-corrected chi connectivity index (χ0v) is 29.1. The van der Waals surface area contributed by atoms with Crippen LogP contribution in [0.25, 0.3) is 0 Å². The summed E-state index contributed by atoms with van der Waals surface area (Å²) in [5.74, 6) is -0.753. The number of hydrogen-bond donors (Lipinski definition) is 0. The average molecular weight is 665 g/mol. The first kappa shape index (κ1) is 36.8. The number of ether oxygens (including phenoxy) is 4. The summed E-state index contributed by atoms with van der Waals surface area (Å²) in [4.78, 5) is 52.3. The molecule has 8 heteroatoms. The Bertz CT molecular complexity index is 1780. The molecular weight excluding hydrogens is 620 g/mol. The number of esters is 1. The summed E-state index contributed by atoms with van der Waals surface area (Å²) in [7, 11) is 0. The van der Waals surface area contributed by atoms with E-state index in [9.17, 15) is 19.2 Å². The Morgan fingerprint density at radius 1 is 0.571 bits per heavy atom. The van der Waals surface area contributed by atoms with Gasteiger partial charge in [0.15, 0.2) is 18.2 Å². The molecule has 0 N–H and O–H groups in total. The van der Waals surface area contributed by atoms with Gasteiger partial charge < -0.3 is 18.9 Å². The van der Waals surface area contributed by atoms with Crippen molar-refractivity contribution in [3.8, 4) is 11.5 Å². The van der Waals surface area contributed by atoms with Gasteiger partial charge in [-0.1, -0.05) is 98.8 Å². The molecule has 0 heterocycles. The van der Waals surface area contributed by atoms with Crippen LogP contribution in [0.2, 0.25) is 0 Å². The molecule has 0 saturated carbocycles. The van der Waals surface area contributed by atoms with Crippen molar-refractivity contribution in [1.29, 1.82) is 0 Å². The van der Waals surface area contributed by atoms with Gasteiger partial charge in [-0.25, -0.2) is 4.79 Å². The lowest BCUT2D eigenvalue weighted by molar-refractivity contribution is -0.240. The van der Waals surface area contributed by atoms with E-state index in [0.717, 1.165) is 0 Å². The second-order valence-electron chi connectivity index (χ2n) is 13.3. The molecule has 256 valence electrons. The molecule has 0 aliphatic heterocycles. The fraction of sp³-hybridized carbons (Fsp3) is 0.317. The van der Waals surface area contributed by atoms with E-state index in [1.807, 2.05) is 26.0 Å². The van der Waals surface area contributed by atoms with Crippen LogP contribution in [0.15, 0.2) is 109 Å². The Morgan fingerprint density at radius 2 is 1.00 bits per heavy atom. The summed E-state index contributed by atoms with van der Waals surface area (Å²) >= 11 is 0. The van der Waals surface area contributed by atoms with Crippen molar-refractivity contribution in [3.63, 3.8) is 0 Å². The number of hydrogen-bond acceptors (Lipinski definition) is 8. The molecule has 4 aromatic carbocycles. The van der Waals surface area contributed by atoms with Gasteiger partial charge >= 0.3 is 5.97 Å². The maximum absolute atomic E-state index is 13.5. The van der Waals surface area contributed by atoms with Gasteiger partial charge in [-0.3, -0.25) is 14.4 Å². The van der Waals surface area contributed by atoms with E-state index in [0.29, 0.717) is 33.8 Å². The third-order valence-corrected chi connectivity index (χ3v) is 8.80. The Morgan fingerprint density at radius 3 is 1.45 bits per heavy atom. The number of carbonyl (C=O) groups is 4. The molecule has 8 nitrogen and oxygen atoms in total. The second-order valence-corrected chi connectivity index (χ2v) is 13.3. The van der Waals surface area contributed by atoms with E-state index in [4.69, 9.17) is 18.9 Å². The van der Waals surface area contributed by atoms with Crippen molar-refractivity contribution in [2.45, 2.75) is 65.3 Å². The van der Waals surface area contributed by atoms with Gasteiger partial charge in [0, 0.05) is 22.3 Å². The van der Waals surface area contributed by atoms with Crippen LogP contribution in [0.1, 0.15) is 80.3 Å². The molecule has 0 aromatic heterocycles. The predicted octanol–water partition coefficient (Wildman–Crippen LogP) is 7.71. The molecule has 4 rings (SSSR count). The molecule has 0 radical (unpaired) electrons. The van der Waals surface area contributed by atoms with Gasteiger partial charge in [-0.05, 0) is 64.8 Å². The third-order valence-electron chi connectivity index (χ3n) is 8.80. The number of ketones is 3. The Hall–Kier alpha value is -5.08. The van der Waals surface area contributed by atoms with Crippen LogP contribution >= 0.6 is 0 Å². The molecular formula is C41H44O8. The number of carbonyl (C=O) groups excluding carboxylic acids is 4. The molecule has 49 heavy (non-hydrogen) atoms. The highest BCUT2D eigenvalue weighted by Crippen LogP contribution is 2.40. The highest BCUT2D eigenvalue weighted by atomic mass is 16.6. The molecule has 0 spiro atoms. The van der Waals surface area contributed by atoms with Gasteiger partial charge in [-0.2, -0.15) is 0 Å². The van der Waals surface area contributed by atoms with Gasteiger partial charge in [0.2, 0.25) is 5.78 Å². The van der Waals surface area contributed by atoms with Crippen molar-refractivity contribution in [2.24, 2.45) is 5.92 Å². The average Bonchev–Trinajstić information content (AvgIpc) is 3.09. The van der Waals surface area contributed by atoms with Crippen molar-refractivity contribution in [2.75, 3.05) is 13.2 Å². The van der Waals surface area contributed by atoms with Crippen LogP contribution in [0.5, 0.6) is 11.5 Å². The number of benzene rings is 4. The largest absolute Gasteiger partial charge is 0.486 e. The van der Waals surface area contributed by atoms with Crippen molar-refractivity contribution in [1.82, 2.24) is 0 Å². The standard InChI is InChI=1S/C41H44O8/c1-28(2)41(7,40(5,6)48-36(43)27-47-34-23-15-21-32(25-34)38(45)30-18-12-9-13-19-30)49-39(3,4)35(42)26-46-33-22-14-20-31(24-33)37(44)29-16-10-8-11-17-29/h8-25,28H,26-27H2,1-7H3. The summed E-state index contributed by atoms with van der Waals surface area (Å²) in [5.41, 5.74) is -1.67. The van der Waals surface area contributed by atoms with Gasteiger partial charge in [-0.15, -0.1) is 0 Å². The number of Topliss-reactive ketones (excluding diaryl/α,β-unsaturated/α-hetero) is 1. The maximum Gasteiger partial charge on any atom is 0.344 e. The first-order valence-corrected chi connectivity index (χ1v) is 16.2. The minimum absolute atomic E-state index is 0.150.